The van der Waals surface area contributed by atoms with Crippen molar-refractivity contribution in [2.45, 2.75) is 26.2 Å². The number of amides is 1. The molecule has 0 heterocycles. The molecule has 2 aromatic carbocycles. The van der Waals surface area contributed by atoms with E-state index >= 15 is 0 Å². The quantitative estimate of drug-likeness (QED) is 0.814. The third-order valence-corrected chi connectivity index (χ3v) is 3.14. The zero-order chi connectivity index (χ0) is 14.4. The summed E-state index contributed by atoms with van der Waals surface area (Å²) in [5, 5.41) is 12.4. The van der Waals surface area contributed by atoms with Crippen molar-refractivity contribution in [2.75, 3.05) is 5.32 Å². The molecule has 0 aromatic heterocycles. The van der Waals surface area contributed by atoms with Crippen molar-refractivity contribution >= 4 is 11.6 Å². The summed E-state index contributed by atoms with van der Waals surface area (Å²) < 4.78 is 0. The average molecular weight is 269 g/mol. The first-order valence-corrected chi connectivity index (χ1v) is 6.78. The summed E-state index contributed by atoms with van der Waals surface area (Å²) in [5.74, 6) is 0.0360. The molecule has 2 rings (SSSR count). The van der Waals surface area contributed by atoms with Crippen molar-refractivity contribution in [3.05, 3.63) is 59.7 Å². The van der Waals surface area contributed by atoms with Gasteiger partial charge in [0.25, 0.3) is 0 Å². The second-order valence-electron chi connectivity index (χ2n) is 4.91. The Labute approximate surface area is 119 Å². The first kappa shape index (κ1) is 14.1. The van der Waals surface area contributed by atoms with Crippen LogP contribution in [0.15, 0.2) is 48.5 Å². The molecule has 2 aromatic rings. The van der Waals surface area contributed by atoms with Crippen molar-refractivity contribution in [1.82, 2.24) is 0 Å². The number of anilines is 1. The molecule has 0 spiro atoms. The molecule has 20 heavy (non-hydrogen) atoms. The number of hydrogen-bond donors (Lipinski definition) is 2. The Balaban J connectivity index is 1.82. The molecule has 0 unspecified atom stereocenters. The van der Waals surface area contributed by atoms with E-state index in [9.17, 15) is 9.90 Å². The minimum atomic E-state index is -0.0677. The lowest BCUT2D eigenvalue weighted by molar-refractivity contribution is -0.116. The fourth-order valence-corrected chi connectivity index (χ4v) is 2.06. The van der Waals surface area contributed by atoms with Crippen LogP contribution in [0.1, 0.15) is 24.0 Å². The van der Waals surface area contributed by atoms with Gasteiger partial charge in [-0.3, -0.25) is 4.79 Å². The molecule has 0 saturated carbocycles. The van der Waals surface area contributed by atoms with Crippen LogP contribution < -0.4 is 5.32 Å². The van der Waals surface area contributed by atoms with E-state index in [1.807, 2.05) is 25.1 Å². The first-order valence-electron chi connectivity index (χ1n) is 6.78. The van der Waals surface area contributed by atoms with Gasteiger partial charge in [-0.05, 0) is 43.0 Å². The Morgan fingerprint density at radius 1 is 1.15 bits per heavy atom. The Hall–Kier alpha value is -2.29. The third kappa shape index (κ3) is 4.12. The number of aryl methyl sites for hydroxylation is 2. The molecule has 0 radical (unpaired) electrons. The maximum absolute atomic E-state index is 11.8. The molecule has 0 aliphatic carbocycles. The Bertz CT molecular complexity index is 579. The monoisotopic (exact) mass is 269 g/mol. The number of aromatic hydroxyl groups is 1. The molecule has 0 aliphatic rings. The van der Waals surface area contributed by atoms with Crippen molar-refractivity contribution < 1.29 is 9.90 Å². The zero-order valence-electron chi connectivity index (χ0n) is 11.6. The lowest BCUT2D eigenvalue weighted by Crippen LogP contribution is -2.11. The predicted molar refractivity (Wildman–Crippen MR) is 80.9 cm³/mol. The fraction of sp³-hybridized carbons (Fsp3) is 0.235. The molecule has 104 valence electrons. The van der Waals surface area contributed by atoms with Gasteiger partial charge >= 0.3 is 0 Å². The molecule has 3 nitrogen and oxygen atoms in total. The van der Waals surface area contributed by atoms with Crippen LogP contribution in [-0.2, 0) is 11.2 Å². The SMILES string of the molecule is Cc1ccc(O)c(NC(=O)CCCc2ccccc2)c1. The third-order valence-electron chi connectivity index (χ3n) is 3.14. The van der Waals surface area contributed by atoms with Crippen molar-refractivity contribution in [3.8, 4) is 5.75 Å². The van der Waals surface area contributed by atoms with Gasteiger partial charge in [-0.2, -0.15) is 0 Å². The summed E-state index contributed by atoms with van der Waals surface area (Å²) in [4.78, 5) is 11.8. The molecule has 1 amide bonds. The second kappa shape index (κ2) is 6.75. The molecule has 0 saturated heterocycles. The number of phenolic OH excluding ortho intramolecular Hbond substituents is 1. The first-order chi connectivity index (χ1) is 9.65. The number of carbonyl (C=O) groups is 1. The molecule has 0 atom stereocenters. The van der Waals surface area contributed by atoms with Crippen LogP contribution in [0, 0.1) is 6.92 Å². The predicted octanol–water partition coefficient (Wildman–Crippen LogP) is 3.66. The van der Waals surface area contributed by atoms with E-state index in [1.54, 1.807) is 18.2 Å². The van der Waals surface area contributed by atoms with E-state index in [2.05, 4.69) is 17.4 Å². The number of carbonyl (C=O) groups excluding carboxylic acids is 1. The topological polar surface area (TPSA) is 49.3 Å². The van der Waals surface area contributed by atoms with E-state index in [-0.39, 0.29) is 11.7 Å². The maximum atomic E-state index is 11.8. The highest BCUT2D eigenvalue weighted by Crippen LogP contribution is 2.24. The summed E-state index contributed by atoms with van der Waals surface area (Å²) in [5.41, 5.74) is 2.72. The smallest absolute Gasteiger partial charge is 0.224 e. The molecule has 3 heteroatoms. The average Bonchev–Trinajstić information content (AvgIpc) is 2.44. The number of nitrogens with one attached hydrogen (secondary N) is 1. The van der Waals surface area contributed by atoms with Gasteiger partial charge in [-0.1, -0.05) is 36.4 Å². The van der Waals surface area contributed by atoms with Crippen molar-refractivity contribution in [1.29, 1.82) is 0 Å². The highest BCUT2D eigenvalue weighted by Gasteiger charge is 2.06. The van der Waals surface area contributed by atoms with Gasteiger partial charge < -0.3 is 10.4 Å². The number of hydrogen-bond acceptors (Lipinski definition) is 2. The number of phenols is 1. The van der Waals surface area contributed by atoms with Gasteiger partial charge in [0, 0.05) is 6.42 Å². The summed E-state index contributed by atoms with van der Waals surface area (Å²) >= 11 is 0. The Kier molecular flexibility index (Phi) is 4.77. The summed E-state index contributed by atoms with van der Waals surface area (Å²) in [6.45, 7) is 1.92. The lowest BCUT2D eigenvalue weighted by atomic mass is 10.1. The fourth-order valence-electron chi connectivity index (χ4n) is 2.06. The van der Waals surface area contributed by atoms with E-state index in [4.69, 9.17) is 0 Å². The van der Waals surface area contributed by atoms with Gasteiger partial charge in [0.05, 0.1) is 5.69 Å². The van der Waals surface area contributed by atoms with Crippen LogP contribution in [0.5, 0.6) is 5.75 Å². The Morgan fingerprint density at radius 2 is 1.90 bits per heavy atom. The number of rotatable bonds is 5. The van der Waals surface area contributed by atoms with Crippen LogP contribution in [0.3, 0.4) is 0 Å². The minimum Gasteiger partial charge on any atom is -0.506 e. The normalized spacial score (nSPS) is 10.2. The molecule has 0 bridgehead atoms. The molecular formula is C17H19NO2. The van der Waals surface area contributed by atoms with Gasteiger partial charge in [0.2, 0.25) is 5.91 Å². The van der Waals surface area contributed by atoms with Gasteiger partial charge in [0.15, 0.2) is 0 Å². The van der Waals surface area contributed by atoms with E-state index < -0.39 is 0 Å². The van der Waals surface area contributed by atoms with Crippen LogP contribution in [0.4, 0.5) is 5.69 Å². The van der Waals surface area contributed by atoms with E-state index in [0.717, 1.165) is 18.4 Å². The molecule has 2 N–H and O–H groups in total. The summed E-state index contributed by atoms with van der Waals surface area (Å²) in [6.07, 6.45) is 2.12. The maximum Gasteiger partial charge on any atom is 0.224 e. The van der Waals surface area contributed by atoms with Gasteiger partial charge in [-0.15, -0.1) is 0 Å². The highest BCUT2D eigenvalue weighted by molar-refractivity contribution is 5.92. The van der Waals surface area contributed by atoms with Crippen molar-refractivity contribution in [3.63, 3.8) is 0 Å². The van der Waals surface area contributed by atoms with Crippen LogP contribution in [-0.4, -0.2) is 11.0 Å². The summed E-state index contributed by atoms with van der Waals surface area (Å²) in [6, 6.07) is 15.3. The van der Waals surface area contributed by atoms with Gasteiger partial charge in [-0.25, -0.2) is 0 Å². The standard InChI is InChI=1S/C17H19NO2/c1-13-10-11-16(19)15(12-13)18-17(20)9-5-8-14-6-3-2-4-7-14/h2-4,6-7,10-12,19H,5,8-9H2,1H3,(H,18,20). The van der Waals surface area contributed by atoms with E-state index in [1.165, 1.54) is 5.56 Å². The van der Waals surface area contributed by atoms with Crippen LogP contribution in [0.2, 0.25) is 0 Å². The molecule has 0 aliphatic heterocycles. The molecule has 0 fully saturated rings. The van der Waals surface area contributed by atoms with Gasteiger partial charge in [0.1, 0.15) is 5.75 Å². The van der Waals surface area contributed by atoms with E-state index in [0.29, 0.717) is 12.1 Å². The summed E-state index contributed by atoms with van der Waals surface area (Å²) in [7, 11) is 0. The van der Waals surface area contributed by atoms with Crippen LogP contribution >= 0.6 is 0 Å². The Morgan fingerprint density at radius 3 is 2.65 bits per heavy atom. The lowest BCUT2D eigenvalue weighted by Gasteiger charge is -2.08. The van der Waals surface area contributed by atoms with Crippen molar-refractivity contribution in [2.24, 2.45) is 0 Å². The zero-order valence-corrected chi connectivity index (χ0v) is 11.6. The van der Waals surface area contributed by atoms with Crippen LogP contribution in [0.25, 0.3) is 0 Å². The minimum absolute atomic E-state index is 0.0677. The molecular weight excluding hydrogens is 250 g/mol. The number of benzene rings is 2. The largest absolute Gasteiger partial charge is 0.506 e. The highest BCUT2D eigenvalue weighted by atomic mass is 16.3. The second-order valence-corrected chi connectivity index (χ2v) is 4.91.